The summed E-state index contributed by atoms with van der Waals surface area (Å²) in [4.78, 5) is 12.2. The molecule has 1 atom stereocenters. The molecule has 1 aliphatic heterocycles. The van der Waals surface area contributed by atoms with E-state index >= 15 is 0 Å². The van der Waals surface area contributed by atoms with E-state index in [0.29, 0.717) is 13.1 Å². The van der Waals surface area contributed by atoms with Crippen LogP contribution >= 0.6 is 0 Å². The number of halogens is 2. The first-order valence-corrected chi connectivity index (χ1v) is 4.31. The fourth-order valence-corrected chi connectivity index (χ4v) is 1.31. The van der Waals surface area contributed by atoms with Crippen molar-refractivity contribution in [1.82, 2.24) is 4.90 Å². The van der Waals surface area contributed by atoms with Crippen LogP contribution in [0.1, 0.15) is 19.8 Å². The molecule has 13 heavy (non-hydrogen) atoms. The number of nitrogens with zero attached hydrogens (tertiary/aromatic N) is 1. The summed E-state index contributed by atoms with van der Waals surface area (Å²) in [7, 11) is 0. The fraction of sp³-hybridized carbons (Fsp3) is 0.875. The van der Waals surface area contributed by atoms with Crippen LogP contribution < -0.4 is 0 Å². The van der Waals surface area contributed by atoms with Crippen molar-refractivity contribution in [3.8, 4) is 0 Å². The summed E-state index contributed by atoms with van der Waals surface area (Å²) in [5.74, 6) is -4.88. The Labute approximate surface area is 75.3 Å². The molecule has 0 aromatic rings. The van der Waals surface area contributed by atoms with Crippen LogP contribution in [0.2, 0.25) is 0 Å². The molecule has 0 aromatic carbocycles. The van der Waals surface area contributed by atoms with Gasteiger partial charge in [0.05, 0.1) is 0 Å². The summed E-state index contributed by atoms with van der Waals surface area (Å²) in [5, 5.41) is 8.71. The normalized spacial score (nSPS) is 20.5. The van der Waals surface area contributed by atoms with Gasteiger partial charge in [0.1, 0.15) is 6.10 Å². The predicted octanol–water partition coefficient (Wildman–Crippen LogP) is 0.625. The van der Waals surface area contributed by atoms with Crippen LogP contribution in [-0.4, -0.2) is 41.0 Å². The third-order valence-corrected chi connectivity index (χ3v) is 2.20. The van der Waals surface area contributed by atoms with E-state index in [0.717, 1.165) is 24.7 Å². The van der Waals surface area contributed by atoms with E-state index in [4.69, 9.17) is 5.11 Å². The van der Waals surface area contributed by atoms with Crippen molar-refractivity contribution >= 4 is 5.91 Å². The lowest BCUT2D eigenvalue weighted by atomic mass is 10.2. The molecule has 0 aliphatic carbocycles. The molecular formula is C8H13F2NO2. The van der Waals surface area contributed by atoms with Gasteiger partial charge in [0.25, 0.3) is 5.91 Å². The van der Waals surface area contributed by atoms with Crippen molar-refractivity contribution < 1.29 is 18.7 Å². The van der Waals surface area contributed by atoms with E-state index in [1.54, 1.807) is 0 Å². The molecule has 0 saturated carbocycles. The molecule has 0 radical (unpaired) electrons. The Morgan fingerprint density at radius 2 is 1.92 bits per heavy atom. The number of rotatable bonds is 2. The van der Waals surface area contributed by atoms with Gasteiger partial charge >= 0.3 is 5.92 Å². The third kappa shape index (κ3) is 1.96. The Bertz CT molecular complexity index is 200. The summed E-state index contributed by atoms with van der Waals surface area (Å²) >= 11 is 0. The highest BCUT2D eigenvalue weighted by atomic mass is 19.3. The Hall–Kier alpha value is -0.710. The van der Waals surface area contributed by atoms with Crippen LogP contribution in [0.25, 0.3) is 0 Å². The quantitative estimate of drug-likeness (QED) is 0.698. The fourth-order valence-electron chi connectivity index (χ4n) is 1.31. The highest BCUT2D eigenvalue weighted by Crippen LogP contribution is 2.23. The lowest BCUT2D eigenvalue weighted by molar-refractivity contribution is -0.171. The smallest absolute Gasteiger partial charge is 0.349 e. The second-order valence-electron chi connectivity index (χ2n) is 3.30. The summed E-state index contributed by atoms with van der Waals surface area (Å²) in [6.45, 7) is 1.68. The van der Waals surface area contributed by atoms with Crippen LogP contribution in [-0.2, 0) is 4.79 Å². The zero-order valence-corrected chi connectivity index (χ0v) is 7.46. The zero-order chi connectivity index (χ0) is 10.1. The lowest BCUT2D eigenvalue weighted by Gasteiger charge is -2.24. The molecule has 0 spiro atoms. The van der Waals surface area contributed by atoms with E-state index in [1.165, 1.54) is 0 Å². The van der Waals surface area contributed by atoms with E-state index < -0.39 is 17.9 Å². The van der Waals surface area contributed by atoms with Gasteiger partial charge in [-0.2, -0.15) is 8.78 Å². The van der Waals surface area contributed by atoms with Crippen LogP contribution in [0.3, 0.4) is 0 Å². The number of likely N-dealkylation sites (tertiary alicyclic amines) is 1. The Kier molecular flexibility index (Phi) is 2.85. The summed E-state index contributed by atoms with van der Waals surface area (Å²) in [5.41, 5.74) is 0. The second kappa shape index (κ2) is 3.57. The van der Waals surface area contributed by atoms with Crippen LogP contribution in [0.15, 0.2) is 0 Å². The minimum absolute atomic E-state index is 0.376. The number of alkyl halides is 2. The van der Waals surface area contributed by atoms with Crippen molar-refractivity contribution in [1.29, 1.82) is 0 Å². The topological polar surface area (TPSA) is 40.5 Å². The molecule has 1 rings (SSSR count). The predicted molar refractivity (Wildman–Crippen MR) is 42.4 cm³/mol. The van der Waals surface area contributed by atoms with Crippen LogP contribution in [0.4, 0.5) is 8.78 Å². The van der Waals surface area contributed by atoms with Crippen molar-refractivity contribution in [2.24, 2.45) is 0 Å². The maximum absolute atomic E-state index is 13.0. The summed E-state index contributed by atoms with van der Waals surface area (Å²) in [6.07, 6.45) is -0.385. The molecule has 1 aliphatic rings. The third-order valence-electron chi connectivity index (χ3n) is 2.20. The molecular weight excluding hydrogens is 180 g/mol. The second-order valence-corrected chi connectivity index (χ2v) is 3.30. The molecule has 1 saturated heterocycles. The maximum atomic E-state index is 13.0. The number of carbonyl (C=O) groups is 1. The molecule has 0 aromatic heterocycles. The van der Waals surface area contributed by atoms with Crippen molar-refractivity contribution in [3.05, 3.63) is 0 Å². The molecule has 3 nitrogen and oxygen atoms in total. The number of carbonyl (C=O) groups excluding carboxylic acids is 1. The molecule has 0 bridgehead atoms. The van der Waals surface area contributed by atoms with E-state index in [1.807, 2.05) is 0 Å². The first-order chi connectivity index (χ1) is 5.96. The monoisotopic (exact) mass is 193 g/mol. The zero-order valence-electron chi connectivity index (χ0n) is 7.46. The number of hydrogen-bond donors (Lipinski definition) is 1. The standard InChI is InChI=1S/C8H13F2NO2/c1-6(12)8(9,10)7(13)11-4-2-3-5-11/h6,12H,2-5H2,1H3/t6-/m1/s1. The summed E-state index contributed by atoms with van der Waals surface area (Å²) < 4.78 is 25.9. The molecule has 5 heteroatoms. The van der Waals surface area contributed by atoms with Gasteiger partial charge in [0, 0.05) is 13.1 Å². The number of hydrogen-bond acceptors (Lipinski definition) is 2. The van der Waals surface area contributed by atoms with Gasteiger partial charge in [0.2, 0.25) is 0 Å². The molecule has 1 fully saturated rings. The first-order valence-electron chi connectivity index (χ1n) is 4.31. The highest BCUT2D eigenvalue weighted by molar-refractivity contribution is 5.84. The van der Waals surface area contributed by atoms with Gasteiger partial charge in [-0.3, -0.25) is 4.79 Å². The van der Waals surface area contributed by atoms with E-state index in [2.05, 4.69) is 0 Å². The Balaban J connectivity index is 2.64. The van der Waals surface area contributed by atoms with Gasteiger partial charge in [-0.1, -0.05) is 0 Å². The SMILES string of the molecule is C[C@@H](O)C(F)(F)C(=O)N1CCCC1. The first kappa shape index (κ1) is 10.4. The van der Waals surface area contributed by atoms with E-state index in [9.17, 15) is 13.6 Å². The van der Waals surface area contributed by atoms with E-state index in [-0.39, 0.29) is 0 Å². The van der Waals surface area contributed by atoms with Crippen LogP contribution in [0, 0.1) is 0 Å². The van der Waals surface area contributed by atoms with Crippen LogP contribution in [0.5, 0.6) is 0 Å². The van der Waals surface area contributed by atoms with Gasteiger partial charge in [0.15, 0.2) is 0 Å². The van der Waals surface area contributed by atoms with Gasteiger partial charge in [-0.15, -0.1) is 0 Å². The Morgan fingerprint density at radius 1 is 1.46 bits per heavy atom. The molecule has 1 heterocycles. The molecule has 1 N–H and O–H groups in total. The van der Waals surface area contributed by atoms with Gasteiger partial charge in [-0.25, -0.2) is 0 Å². The minimum atomic E-state index is -3.63. The average Bonchev–Trinajstić information content (AvgIpc) is 2.54. The van der Waals surface area contributed by atoms with Crippen molar-refractivity contribution in [2.75, 3.05) is 13.1 Å². The maximum Gasteiger partial charge on any atom is 0.349 e. The summed E-state index contributed by atoms with van der Waals surface area (Å²) in [6, 6.07) is 0. The molecule has 76 valence electrons. The van der Waals surface area contributed by atoms with Gasteiger partial charge < -0.3 is 10.0 Å². The Morgan fingerprint density at radius 3 is 2.31 bits per heavy atom. The molecule has 1 amide bonds. The minimum Gasteiger partial charge on any atom is -0.387 e. The number of aliphatic hydroxyl groups excluding tert-OH is 1. The average molecular weight is 193 g/mol. The number of aliphatic hydroxyl groups is 1. The van der Waals surface area contributed by atoms with Gasteiger partial charge in [-0.05, 0) is 19.8 Å². The molecule has 0 unspecified atom stereocenters. The van der Waals surface area contributed by atoms with Crippen molar-refractivity contribution in [3.63, 3.8) is 0 Å². The highest BCUT2D eigenvalue weighted by Gasteiger charge is 2.47. The van der Waals surface area contributed by atoms with Crippen molar-refractivity contribution in [2.45, 2.75) is 31.8 Å². The largest absolute Gasteiger partial charge is 0.387 e. The lowest BCUT2D eigenvalue weighted by Crippen LogP contribution is -2.48. The number of amides is 1.